The van der Waals surface area contributed by atoms with Gasteiger partial charge in [0.2, 0.25) is 17.5 Å². The number of imide groups is 2. The first-order valence-corrected chi connectivity index (χ1v) is 22.6. The van der Waals surface area contributed by atoms with Crippen LogP contribution in [0.3, 0.4) is 0 Å². The van der Waals surface area contributed by atoms with Crippen molar-refractivity contribution >= 4 is 67.8 Å². The van der Waals surface area contributed by atoms with E-state index in [1.165, 1.54) is 0 Å². The predicted molar refractivity (Wildman–Crippen MR) is 225 cm³/mol. The van der Waals surface area contributed by atoms with Gasteiger partial charge in [0.15, 0.2) is 9.84 Å². The summed E-state index contributed by atoms with van der Waals surface area (Å²) in [6, 6.07) is 17.8. The third-order valence-corrected chi connectivity index (χ3v) is 16.3. The van der Waals surface area contributed by atoms with Gasteiger partial charge in [-0.3, -0.25) is 29.4 Å². The molecule has 0 aliphatic carbocycles. The van der Waals surface area contributed by atoms with Crippen LogP contribution >= 0.6 is 11.6 Å². The molecule has 0 radical (unpaired) electrons. The topological polar surface area (TPSA) is 135 Å². The molecule has 9 rings (SSSR count). The average Bonchev–Trinajstić information content (AvgIpc) is 3.67. The minimum atomic E-state index is -3.47. The molecule has 5 saturated heterocycles. The molecule has 3 aromatic rings. The van der Waals surface area contributed by atoms with Crippen LogP contribution in [-0.4, -0.2) is 112 Å². The summed E-state index contributed by atoms with van der Waals surface area (Å²) in [5, 5.41) is 2.31. The predicted octanol–water partition coefficient (Wildman–Crippen LogP) is 5.55. The Kier molecular flexibility index (Phi) is 10.2. The Labute approximate surface area is 350 Å². The first-order valence-electron chi connectivity index (χ1n) is 20.7. The van der Waals surface area contributed by atoms with Crippen LogP contribution in [0.5, 0.6) is 0 Å². The summed E-state index contributed by atoms with van der Waals surface area (Å²) >= 11 is 6.38. The van der Waals surface area contributed by atoms with Gasteiger partial charge in [0, 0.05) is 79.7 Å². The Balaban J connectivity index is 0.737. The number of hydrogen-bond acceptors (Lipinski definition) is 10. The number of benzene rings is 3. The molecule has 3 aromatic carbocycles. The van der Waals surface area contributed by atoms with Crippen LogP contribution in [0.4, 0.5) is 22.7 Å². The molecule has 6 aliphatic heterocycles. The summed E-state index contributed by atoms with van der Waals surface area (Å²) in [6.45, 7) is 16.2. The molecule has 1 spiro atoms. The molecule has 308 valence electrons. The quantitative estimate of drug-likeness (QED) is 0.227. The zero-order valence-corrected chi connectivity index (χ0v) is 34.7. The molecule has 4 amide bonds. The molecule has 6 aliphatic rings. The second-order valence-electron chi connectivity index (χ2n) is 17.4. The van der Waals surface area contributed by atoms with E-state index in [4.69, 9.17) is 18.2 Å². The third-order valence-electron chi connectivity index (χ3n) is 13.7. The Morgan fingerprint density at radius 2 is 1.51 bits per heavy atom. The molecular formula is C44H48ClN7O6S. The molecule has 59 heavy (non-hydrogen) atoms. The first-order chi connectivity index (χ1) is 28.3. The second kappa shape index (κ2) is 15.2. The van der Waals surface area contributed by atoms with E-state index in [0.717, 1.165) is 93.6 Å². The number of fused-ring (bicyclic) bond motifs is 1. The number of piperidine rings is 3. The highest BCUT2D eigenvalue weighted by molar-refractivity contribution is 7.92. The molecule has 0 aromatic heterocycles. The molecule has 1 unspecified atom stereocenters. The summed E-state index contributed by atoms with van der Waals surface area (Å²) in [6.07, 6.45) is 4.60. The van der Waals surface area contributed by atoms with Crippen molar-refractivity contribution in [3.8, 4) is 0 Å². The molecule has 0 bridgehead atoms. The average molecular weight is 838 g/mol. The number of nitrogens with zero attached hydrogens (tertiary/aromatic N) is 6. The summed E-state index contributed by atoms with van der Waals surface area (Å²) < 4.78 is 27.6. The molecular weight excluding hydrogens is 790 g/mol. The Bertz CT molecular complexity index is 2360. The van der Waals surface area contributed by atoms with Gasteiger partial charge in [-0.15, -0.1) is 0 Å². The number of carbonyl (C=O) groups excluding carboxylic acids is 4. The van der Waals surface area contributed by atoms with Gasteiger partial charge in [-0.2, -0.15) is 0 Å². The number of nitrogens with one attached hydrogen (secondary N) is 1. The monoisotopic (exact) mass is 837 g/mol. The standard InChI is InChI=1S/C44H48ClN7O6S/c1-28-23-44(27-51(28)32-6-10-38(46-2)37(45)22-32)15-19-49(20-16-44)30-3-7-33(8-4-30)59(57,58)34-13-17-48(18-14-34)24-29-25-50(26-29)31-5-9-35-36(21-31)43(56)52(42(35)55)39-11-12-40(53)47-41(39)54/h3-10,21-22,28-29,34,39H,11-20,23-27H2,1H3,(H,47,53,54)/t28-,39?/m0/s1. The maximum Gasteiger partial charge on any atom is 0.262 e. The normalized spacial score (nSPS) is 24.1. The number of anilines is 3. The zero-order valence-electron chi connectivity index (χ0n) is 33.1. The van der Waals surface area contributed by atoms with Crippen LogP contribution in [0.15, 0.2) is 65.6 Å². The van der Waals surface area contributed by atoms with Crippen molar-refractivity contribution in [3.63, 3.8) is 0 Å². The van der Waals surface area contributed by atoms with Crippen LogP contribution in [0.1, 0.15) is 72.6 Å². The SMILES string of the molecule is [C-]#[N+]c1ccc(N2CC3(CCN(c4ccc(S(=O)(=O)C5CCN(CC6CN(c7ccc8c(c7)C(=O)N(C7CCC(=O)NC7=O)C8=O)C6)CC5)cc4)CC3)C[C@@H]2C)cc1Cl. The lowest BCUT2D eigenvalue weighted by Gasteiger charge is -2.44. The largest absolute Gasteiger partial charge is 0.371 e. The lowest BCUT2D eigenvalue weighted by atomic mass is 9.76. The molecule has 6 heterocycles. The van der Waals surface area contributed by atoms with Crippen molar-refractivity contribution in [1.29, 1.82) is 0 Å². The van der Waals surface area contributed by atoms with E-state index in [-0.39, 0.29) is 29.4 Å². The summed E-state index contributed by atoms with van der Waals surface area (Å²) in [5.74, 6) is -1.66. The molecule has 2 atom stereocenters. The van der Waals surface area contributed by atoms with Crippen molar-refractivity contribution < 1.29 is 27.6 Å². The number of hydrogen-bond donors (Lipinski definition) is 1. The smallest absolute Gasteiger partial charge is 0.262 e. The summed E-state index contributed by atoms with van der Waals surface area (Å²) in [4.78, 5) is 64.6. The number of likely N-dealkylation sites (tertiary alicyclic amines) is 1. The van der Waals surface area contributed by atoms with E-state index in [1.54, 1.807) is 24.3 Å². The maximum atomic E-state index is 13.8. The van der Waals surface area contributed by atoms with E-state index in [9.17, 15) is 27.6 Å². The fourth-order valence-corrected chi connectivity index (χ4v) is 12.3. The van der Waals surface area contributed by atoms with Gasteiger partial charge in [-0.25, -0.2) is 13.3 Å². The molecule has 1 N–H and O–H groups in total. The maximum absolute atomic E-state index is 13.8. The lowest BCUT2D eigenvalue weighted by Crippen LogP contribution is -2.54. The molecule has 13 nitrogen and oxygen atoms in total. The van der Waals surface area contributed by atoms with Gasteiger partial charge in [-0.05, 0) is 119 Å². The van der Waals surface area contributed by atoms with Gasteiger partial charge in [0.05, 0.1) is 27.8 Å². The number of halogens is 1. The highest BCUT2D eigenvalue weighted by Gasteiger charge is 2.46. The van der Waals surface area contributed by atoms with E-state index in [1.807, 2.05) is 36.4 Å². The van der Waals surface area contributed by atoms with Crippen LogP contribution in [0, 0.1) is 17.9 Å². The van der Waals surface area contributed by atoms with Gasteiger partial charge < -0.3 is 19.6 Å². The van der Waals surface area contributed by atoms with E-state index in [2.05, 4.69) is 36.7 Å². The van der Waals surface area contributed by atoms with Crippen molar-refractivity contribution in [2.45, 2.75) is 74.1 Å². The van der Waals surface area contributed by atoms with Gasteiger partial charge >= 0.3 is 0 Å². The highest BCUT2D eigenvalue weighted by atomic mass is 35.5. The van der Waals surface area contributed by atoms with E-state index >= 15 is 0 Å². The fourth-order valence-electron chi connectivity index (χ4n) is 10.4. The number of sulfone groups is 1. The molecule has 5 fully saturated rings. The number of carbonyl (C=O) groups is 4. The Morgan fingerprint density at radius 1 is 0.831 bits per heavy atom. The van der Waals surface area contributed by atoms with Crippen LogP contribution < -0.4 is 20.0 Å². The minimum Gasteiger partial charge on any atom is -0.371 e. The second-order valence-corrected chi connectivity index (χ2v) is 20.0. The molecule has 0 saturated carbocycles. The highest BCUT2D eigenvalue weighted by Crippen LogP contribution is 2.46. The lowest BCUT2D eigenvalue weighted by molar-refractivity contribution is -0.136. The third kappa shape index (κ3) is 7.25. The van der Waals surface area contributed by atoms with Crippen molar-refractivity contribution in [3.05, 3.63) is 88.2 Å². The van der Waals surface area contributed by atoms with Gasteiger partial charge in [0.1, 0.15) is 6.04 Å². The Hall–Kier alpha value is -4.97. The van der Waals surface area contributed by atoms with Gasteiger partial charge in [-0.1, -0.05) is 17.7 Å². The minimum absolute atomic E-state index is 0.0774. The van der Waals surface area contributed by atoms with E-state index < -0.39 is 44.8 Å². The zero-order chi connectivity index (χ0) is 41.2. The van der Waals surface area contributed by atoms with Crippen LogP contribution in [0.2, 0.25) is 5.02 Å². The fraction of sp³-hybridized carbons (Fsp3) is 0.477. The van der Waals surface area contributed by atoms with Crippen molar-refractivity contribution in [2.24, 2.45) is 11.3 Å². The molecule has 15 heteroatoms. The summed E-state index contributed by atoms with van der Waals surface area (Å²) in [7, 11) is -3.47. The van der Waals surface area contributed by atoms with Crippen molar-refractivity contribution in [2.75, 3.05) is 67.1 Å². The van der Waals surface area contributed by atoms with Crippen molar-refractivity contribution in [1.82, 2.24) is 15.1 Å². The van der Waals surface area contributed by atoms with E-state index in [0.29, 0.717) is 40.4 Å². The summed E-state index contributed by atoms with van der Waals surface area (Å²) in [5.41, 5.74) is 4.21. The van der Waals surface area contributed by atoms with Crippen LogP contribution in [0.25, 0.3) is 4.85 Å². The first kappa shape index (κ1) is 39.5. The Morgan fingerprint density at radius 3 is 2.19 bits per heavy atom. The number of amides is 4. The van der Waals surface area contributed by atoms with Gasteiger partial charge in [0.25, 0.3) is 11.8 Å². The number of rotatable bonds is 8. The van der Waals surface area contributed by atoms with Crippen LogP contribution in [-0.2, 0) is 19.4 Å².